The van der Waals surface area contributed by atoms with Gasteiger partial charge in [0.15, 0.2) is 0 Å². The van der Waals surface area contributed by atoms with Crippen LogP contribution in [0.15, 0.2) is 53.9 Å². The number of aliphatic carboxylic acids is 1. The molecule has 1 aromatic carbocycles. The van der Waals surface area contributed by atoms with E-state index in [0.717, 1.165) is 18.2 Å². The Hall–Kier alpha value is -2.87. The van der Waals surface area contributed by atoms with Crippen LogP contribution in [0.3, 0.4) is 0 Å². The molecule has 1 saturated carbocycles. The molecule has 2 N–H and O–H groups in total. The van der Waals surface area contributed by atoms with Gasteiger partial charge in [-0.3, -0.25) is 4.90 Å². The fourth-order valence-corrected chi connectivity index (χ4v) is 5.54. The Morgan fingerprint density at radius 1 is 1.29 bits per heavy atom. The maximum absolute atomic E-state index is 16.2. The van der Waals surface area contributed by atoms with Crippen molar-refractivity contribution in [3.8, 4) is 0 Å². The number of nitrogens with one attached hydrogen (secondary N) is 1. The molecule has 0 amide bonds. The van der Waals surface area contributed by atoms with Crippen molar-refractivity contribution in [2.75, 3.05) is 6.54 Å². The van der Waals surface area contributed by atoms with Crippen molar-refractivity contribution in [2.24, 2.45) is 5.92 Å². The summed E-state index contributed by atoms with van der Waals surface area (Å²) in [6.07, 6.45) is 5.50. The van der Waals surface area contributed by atoms with Gasteiger partial charge in [0, 0.05) is 35.3 Å². The molecule has 1 fully saturated rings. The second kappa shape index (κ2) is 7.83. The molecule has 0 saturated heterocycles. The zero-order valence-electron chi connectivity index (χ0n) is 18.9. The van der Waals surface area contributed by atoms with Crippen LogP contribution in [0.2, 0.25) is 0 Å². The van der Waals surface area contributed by atoms with Crippen molar-refractivity contribution in [3.05, 3.63) is 71.0 Å². The molecule has 180 valence electrons. The fraction of sp³-hybridized carbons (Fsp3) is 0.423. The van der Waals surface area contributed by atoms with E-state index in [1.165, 1.54) is 19.1 Å². The first-order valence-corrected chi connectivity index (χ1v) is 11.4. The standard InChI is InChI=1S/C26H26F4N2O2/c1-14-10-16-21-17(27)4-3-5-19(21)31-23(16)24(32(14)13-26(30)8-9-26)22-18(28)11-15(6-7-20(33)34)12-25(22,2)29/h3-7,11-12,14,22,24,31H,8-10,13H2,1-2H3,(H,33,34)/b7-6+/t14-,22?,24-,25?/m1/s1. The summed E-state index contributed by atoms with van der Waals surface area (Å²) in [7, 11) is 0. The van der Waals surface area contributed by atoms with Gasteiger partial charge < -0.3 is 10.1 Å². The van der Waals surface area contributed by atoms with Crippen molar-refractivity contribution in [2.45, 2.75) is 56.5 Å². The summed E-state index contributed by atoms with van der Waals surface area (Å²) in [5.74, 6) is -3.74. The highest BCUT2D eigenvalue weighted by atomic mass is 19.2. The quantitative estimate of drug-likeness (QED) is 0.421. The van der Waals surface area contributed by atoms with Crippen molar-refractivity contribution in [1.29, 1.82) is 0 Å². The maximum atomic E-state index is 16.2. The number of rotatable bonds is 5. The number of fused-ring (bicyclic) bond motifs is 3. The van der Waals surface area contributed by atoms with Crippen LogP contribution < -0.4 is 0 Å². The van der Waals surface area contributed by atoms with Gasteiger partial charge in [-0.2, -0.15) is 0 Å². The van der Waals surface area contributed by atoms with E-state index in [9.17, 15) is 13.6 Å². The number of carboxylic acid groups (broad SMARTS) is 1. The van der Waals surface area contributed by atoms with E-state index in [4.69, 9.17) is 5.11 Å². The third-order valence-electron chi connectivity index (χ3n) is 7.28. The summed E-state index contributed by atoms with van der Waals surface area (Å²) in [6, 6.07) is 3.47. The Morgan fingerprint density at radius 2 is 2.03 bits per heavy atom. The normalized spacial score (nSPS) is 30.8. The minimum absolute atomic E-state index is 0.0332. The van der Waals surface area contributed by atoms with Crippen LogP contribution in [0.5, 0.6) is 0 Å². The molecule has 2 unspecified atom stereocenters. The average molecular weight is 474 g/mol. The summed E-state index contributed by atoms with van der Waals surface area (Å²) >= 11 is 0. The van der Waals surface area contributed by atoms with Gasteiger partial charge in [0.1, 0.15) is 23.0 Å². The van der Waals surface area contributed by atoms with Crippen LogP contribution >= 0.6 is 0 Å². The number of hydrogen-bond acceptors (Lipinski definition) is 2. The Labute approximate surface area is 194 Å². The van der Waals surface area contributed by atoms with Crippen LogP contribution in [0.25, 0.3) is 10.9 Å². The molecule has 3 aliphatic rings. The lowest BCUT2D eigenvalue weighted by Gasteiger charge is -2.47. The summed E-state index contributed by atoms with van der Waals surface area (Å²) < 4.78 is 61.6. The van der Waals surface area contributed by atoms with E-state index in [1.807, 2.05) is 11.8 Å². The average Bonchev–Trinajstić information content (AvgIpc) is 3.34. The Bertz CT molecular complexity index is 1250. The number of alkyl halides is 2. The largest absolute Gasteiger partial charge is 0.478 e. The Balaban J connectivity index is 1.65. The van der Waals surface area contributed by atoms with Gasteiger partial charge in [-0.25, -0.2) is 22.4 Å². The Kier molecular flexibility index (Phi) is 5.28. The molecule has 4 atom stereocenters. The fourth-order valence-electron chi connectivity index (χ4n) is 5.54. The van der Waals surface area contributed by atoms with E-state index in [0.29, 0.717) is 41.4 Å². The zero-order valence-corrected chi connectivity index (χ0v) is 18.9. The third kappa shape index (κ3) is 3.87. The number of nitrogens with zero attached hydrogens (tertiary/aromatic N) is 1. The lowest BCUT2D eigenvalue weighted by atomic mass is 9.74. The number of halogens is 4. The monoisotopic (exact) mass is 474 g/mol. The molecule has 2 aliphatic carbocycles. The number of carboxylic acids is 1. The van der Waals surface area contributed by atoms with Crippen molar-refractivity contribution in [3.63, 3.8) is 0 Å². The molecule has 2 heterocycles. The van der Waals surface area contributed by atoms with Crippen LogP contribution in [0, 0.1) is 11.7 Å². The second-order valence-corrected chi connectivity index (χ2v) is 9.97. The minimum Gasteiger partial charge on any atom is -0.478 e. The number of hydrogen-bond donors (Lipinski definition) is 2. The van der Waals surface area contributed by atoms with E-state index >= 15 is 8.78 Å². The lowest BCUT2D eigenvalue weighted by Crippen LogP contribution is -2.52. The van der Waals surface area contributed by atoms with Gasteiger partial charge >= 0.3 is 5.97 Å². The van der Waals surface area contributed by atoms with Crippen LogP contribution in [-0.2, 0) is 11.2 Å². The van der Waals surface area contributed by atoms with Gasteiger partial charge in [0.2, 0.25) is 0 Å². The van der Waals surface area contributed by atoms with Crippen molar-refractivity contribution in [1.82, 2.24) is 9.88 Å². The van der Waals surface area contributed by atoms with E-state index in [2.05, 4.69) is 4.98 Å². The Morgan fingerprint density at radius 3 is 2.68 bits per heavy atom. The molecule has 34 heavy (non-hydrogen) atoms. The summed E-state index contributed by atoms with van der Waals surface area (Å²) in [5.41, 5.74) is -1.81. The SMILES string of the molecule is C[C@@H]1Cc2c([nH]c3cccc(F)c23)[C@@H](C2C(F)=CC(/C=C/C(=O)O)=CC2(C)F)N1CC1(F)CC1. The first-order chi connectivity index (χ1) is 16.0. The first kappa shape index (κ1) is 22.9. The van der Waals surface area contributed by atoms with Crippen LogP contribution in [0.1, 0.15) is 44.0 Å². The molecule has 2 aromatic rings. The molecule has 1 aromatic heterocycles. The second-order valence-electron chi connectivity index (χ2n) is 9.97. The number of allylic oxidation sites excluding steroid dienone is 4. The highest BCUT2D eigenvalue weighted by Crippen LogP contribution is 2.52. The number of aromatic nitrogens is 1. The molecule has 8 heteroatoms. The van der Waals surface area contributed by atoms with Gasteiger partial charge in [0.05, 0.1) is 12.0 Å². The summed E-state index contributed by atoms with van der Waals surface area (Å²) in [6.45, 7) is 3.14. The van der Waals surface area contributed by atoms with Crippen LogP contribution in [-0.4, -0.2) is 44.9 Å². The van der Waals surface area contributed by atoms with Crippen molar-refractivity contribution < 1.29 is 27.5 Å². The number of carbonyl (C=O) groups is 1. The molecular weight excluding hydrogens is 448 g/mol. The molecule has 0 spiro atoms. The minimum atomic E-state index is -2.21. The highest BCUT2D eigenvalue weighted by molar-refractivity contribution is 5.86. The number of aromatic amines is 1. The summed E-state index contributed by atoms with van der Waals surface area (Å²) in [4.78, 5) is 15.9. The number of H-pyrrole nitrogens is 1. The topological polar surface area (TPSA) is 56.3 Å². The van der Waals surface area contributed by atoms with Gasteiger partial charge in [-0.05, 0) is 74.6 Å². The molecular formula is C26H26F4N2O2. The smallest absolute Gasteiger partial charge is 0.328 e. The molecule has 1 aliphatic heterocycles. The third-order valence-corrected chi connectivity index (χ3v) is 7.28. The summed E-state index contributed by atoms with van der Waals surface area (Å²) in [5, 5.41) is 9.28. The van der Waals surface area contributed by atoms with Crippen molar-refractivity contribution >= 4 is 16.9 Å². The van der Waals surface area contributed by atoms with Gasteiger partial charge in [-0.1, -0.05) is 6.07 Å². The van der Waals surface area contributed by atoms with Gasteiger partial charge in [0.25, 0.3) is 0 Å². The molecule has 5 rings (SSSR count). The van der Waals surface area contributed by atoms with E-state index in [-0.39, 0.29) is 18.2 Å². The molecule has 0 radical (unpaired) electrons. The first-order valence-electron chi connectivity index (χ1n) is 11.4. The molecule has 0 bridgehead atoms. The zero-order chi connectivity index (χ0) is 24.4. The lowest BCUT2D eigenvalue weighted by molar-refractivity contribution is -0.131. The molecule has 4 nitrogen and oxygen atoms in total. The van der Waals surface area contributed by atoms with Gasteiger partial charge in [-0.15, -0.1) is 0 Å². The predicted molar refractivity (Wildman–Crippen MR) is 121 cm³/mol. The highest BCUT2D eigenvalue weighted by Gasteiger charge is 2.54. The van der Waals surface area contributed by atoms with Crippen LogP contribution in [0.4, 0.5) is 17.6 Å². The number of benzene rings is 1. The van der Waals surface area contributed by atoms with E-state index < -0.39 is 40.9 Å². The van der Waals surface area contributed by atoms with E-state index in [1.54, 1.807) is 12.1 Å². The predicted octanol–water partition coefficient (Wildman–Crippen LogP) is 5.88. The maximum Gasteiger partial charge on any atom is 0.328 e.